The molecule has 0 saturated carbocycles. The van der Waals surface area contributed by atoms with Crippen molar-refractivity contribution in [2.45, 2.75) is 6.54 Å². The van der Waals surface area contributed by atoms with Gasteiger partial charge in [0.05, 0.1) is 31.2 Å². The maximum Gasteiger partial charge on any atom is 0.291 e. The van der Waals surface area contributed by atoms with Crippen LogP contribution in [0.25, 0.3) is 0 Å². The first kappa shape index (κ1) is 20.1. The number of aromatic nitrogens is 1. The summed E-state index contributed by atoms with van der Waals surface area (Å²) in [6, 6.07) is 10.5. The van der Waals surface area contributed by atoms with E-state index in [-0.39, 0.29) is 11.7 Å². The molecule has 1 saturated heterocycles. The summed E-state index contributed by atoms with van der Waals surface area (Å²) >= 11 is 0. The van der Waals surface area contributed by atoms with Gasteiger partial charge in [0.2, 0.25) is 5.88 Å². The Morgan fingerprint density at radius 2 is 2.03 bits per heavy atom. The SMILES string of the molecule is COc1ccc2c(c1)C(=O)N(c1ccc(C(=O)Nc3cnccc3N3CCNCC3)o1)C2. The minimum absolute atomic E-state index is 0.122. The minimum Gasteiger partial charge on any atom is -0.497 e. The largest absolute Gasteiger partial charge is 0.497 e. The molecule has 2 amide bonds. The molecular weight excluding hydrogens is 410 g/mol. The van der Waals surface area contributed by atoms with E-state index in [4.69, 9.17) is 9.15 Å². The van der Waals surface area contributed by atoms with Gasteiger partial charge in [0.25, 0.3) is 11.8 Å². The van der Waals surface area contributed by atoms with E-state index >= 15 is 0 Å². The van der Waals surface area contributed by atoms with E-state index in [1.807, 2.05) is 18.2 Å². The summed E-state index contributed by atoms with van der Waals surface area (Å²) < 4.78 is 11.0. The van der Waals surface area contributed by atoms with Crippen molar-refractivity contribution in [3.05, 3.63) is 65.7 Å². The molecule has 1 fully saturated rings. The van der Waals surface area contributed by atoms with Gasteiger partial charge in [-0.05, 0) is 29.8 Å². The molecule has 4 heterocycles. The fourth-order valence-electron chi connectivity index (χ4n) is 4.03. The van der Waals surface area contributed by atoms with Gasteiger partial charge in [-0.3, -0.25) is 19.5 Å². The Morgan fingerprint density at radius 1 is 1.19 bits per heavy atom. The van der Waals surface area contributed by atoms with Crippen molar-refractivity contribution in [1.29, 1.82) is 0 Å². The molecule has 5 rings (SSSR count). The number of carbonyl (C=O) groups is 2. The normalized spacial score (nSPS) is 15.6. The van der Waals surface area contributed by atoms with Crippen LogP contribution in [0.4, 0.5) is 17.3 Å². The number of hydrogen-bond donors (Lipinski definition) is 2. The van der Waals surface area contributed by atoms with Crippen molar-refractivity contribution in [1.82, 2.24) is 10.3 Å². The van der Waals surface area contributed by atoms with E-state index in [2.05, 4.69) is 20.5 Å². The minimum atomic E-state index is -0.397. The number of carbonyl (C=O) groups excluding carboxylic acids is 2. The first-order chi connectivity index (χ1) is 15.6. The second kappa shape index (κ2) is 8.35. The molecule has 0 bridgehead atoms. The molecule has 1 aromatic carbocycles. The Labute approximate surface area is 185 Å². The first-order valence-corrected chi connectivity index (χ1v) is 10.4. The van der Waals surface area contributed by atoms with Crippen molar-refractivity contribution in [3.8, 4) is 5.75 Å². The van der Waals surface area contributed by atoms with Crippen LogP contribution in [0.3, 0.4) is 0 Å². The van der Waals surface area contributed by atoms with Crippen molar-refractivity contribution < 1.29 is 18.7 Å². The molecule has 3 aromatic rings. The third kappa shape index (κ3) is 3.67. The molecule has 2 aliphatic rings. The standard InChI is InChI=1S/C23H23N5O4/c1-31-16-3-2-15-14-28(23(30)17(15)12-16)21-5-4-20(32-21)22(29)26-18-13-25-7-6-19(18)27-10-8-24-9-11-27/h2-7,12-13,24H,8-11,14H2,1H3,(H,26,29). The van der Waals surface area contributed by atoms with Gasteiger partial charge in [0.15, 0.2) is 5.76 Å². The molecule has 2 aromatic heterocycles. The smallest absolute Gasteiger partial charge is 0.291 e. The Bertz CT molecular complexity index is 1170. The van der Waals surface area contributed by atoms with E-state index in [0.29, 0.717) is 29.4 Å². The van der Waals surface area contributed by atoms with Crippen molar-refractivity contribution >= 4 is 29.1 Å². The molecule has 0 radical (unpaired) electrons. The van der Waals surface area contributed by atoms with Crippen LogP contribution in [-0.4, -0.2) is 50.1 Å². The maximum atomic E-state index is 12.9. The molecule has 9 nitrogen and oxygen atoms in total. The van der Waals surface area contributed by atoms with Gasteiger partial charge >= 0.3 is 0 Å². The Balaban J connectivity index is 1.33. The van der Waals surface area contributed by atoms with Crippen molar-refractivity contribution in [2.24, 2.45) is 0 Å². The highest BCUT2D eigenvalue weighted by atomic mass is 16.5. The van der Waals surface area contributed by atoms with Crippen LogP contribution in [0.15, 0.2) is 53.2 Å². The average molecular weight is 433 g/mol. The van der Waals surface area contributed by atoms with Gasteiger partial charge in [0, 0.05) is 44.0 Å². The highest BCUT2D eigenvalue weighted by Crippen LogP contribution is 2.32. The fraction of sp³-hybridized carbons (Fsp3) is 0.261. The third-order valence-electron chi connectivity index (χ3n) is 5.71. The second-order valence-corrected chi connectivity index (χ2v) is 7.64. The van der Waals surface area contributed by atoms with E-state index in [1.54, 1.807) is 37.7 Å². The number of methoxy groups -OCH3 is 1. The monoisotopic (exact) mass is 433 g/mol. The number of pyridine rings is 1. The number of furan rings is 1. The highest BCUT2D eigenvalue weighted by molar-refractivity contribution is 6.10. The van der Waals surface area contributed by atoms with Gasteiger partial charge in [-0.2, -0.15) is 0 Å². The van der Waals surface area contributed by atoms with Crippen LogP contribution < -0.4 is 25.2 Å². The fourth-order valence-corrected chi connectivity index (χ4v) is 4.03. The molecular formula is C23H23N5O4. The Hall–Kier alpha value is -3.85. The number of ether oxygens (including phenoxy) is 1. The van der Waals surface area contributed by atoms with Crippen LogP contribution in [0.2, 0.25) is 0 Å². The van der Waals surface area contributed by atoms with E-state index in [9.17, 15) is 9.59 Å². The van der Waals surface area contributed by atoms with Gasteiger partial charge in [-0.25, -0.2) is 0 Å². The summed E-state index contributed by atoms with van der Waals surface area (Å²) in [5.41, 5.74) is 2.99. The molecule has 0 aliphatic carbocycles. The summed E-state index contributed by atoms with van der Waals surface area (Å²) in [6.45, 7) is 3.84. The van der Waals surface area contributed by atoms with Gasteiger partial charge in [-0.1, -0.05) is 6.07 Å². The number of nitrogens with zero attached hydrogens (tertiary/aromatic N) is 3. The van der Waals surface area contributed by atoms with E-state index in [0.717, 1.165) is 37.4 Å². The second-order valence-electron chi connectivity index (χ2n) is 7.64. The van der Waals surface area contributed by atoms with Gasteiger partial charge in [-0.15, -0.1) is 0 Å². The van der Waals surface area contributed by atoms with Crippen molar-refractivity contribution in [2.75, 3.05) is 48.4 Å². The topological polar surface area (TPSA) is 99.9 Å². The van der Waals surface area contributed by atoms with Crippen molar-refractivity contribution in [3.63, 3.8) is 0 Å². The zero-order chi connectivity index (χ0) is 22.1. The molecule has 2 aliphatic heterocycles. The van der Waals surface area contributed by atoms with Crippen LogP contribution >= 0.6 is 0 Å². The van der Waals surface area contributed by atoms with Crippen LogP contribution in [0.1, 0.15) is 26.5 Å². The summed E-state index contributed by atoms with van der Waals surface area (Å²) in [5.74, 6) is 0.482. The highest BCUT2D eigenvalue weighted by Gasteiger charge is 2.31. The summed E-state index contributed by atoms with van der Waals surface area (Å²) in [6.07, 6.45) is 3.34. The lowest BCUT2D eigenvalue weighted by Gasteiger charge is -2.30. The zero-order valence-electron chi connectivity index (χ0n) is 17.6. The van der Waals surface area contributed by atoms with Gasteiger partial charge < -0.3 is 24.7 Å². The molecule has 0 unspecified atom stereocenters. The van der Waals surface area contributed by atoms with Gasteiger partial charge in [0.1, 0.15) is 5.75 Å². The number of fused-ring (bicyclic) bond motifs is 1. The first-order valence-electron chi connectivity index (χ1n) is 10.4. The average Bonchev–Trinajstić information content (AvgIpc) is 3.45. The number of nitrogens with one attached hydrogen (secondary N) is 2. The predicted molar refractivity (Wildman–Crippen MR) is 119 cm³/mol. The Morgan fingerprint density at radius 3 is 2.84 bits per heavy atom. The summed E-state index contributed by atoms with van der Waals surface area (Å²) in [7, 11) is 1.56. The lowest BCUT2D eigenvalue weighted by Crippen LogP contribution is -2.43. The molecule has 32 heavy (non-hydrogen) atoms. The molecule has 0 spiro atoms. The van der Waals surface area contributed by atoms with Crippen LogP contribution in [0, 0.1) is 0 Å². The van der Waals surface area contributed by atoms with E-state index in [1.165, 1.54) is 4.90 Å². The third-order valence-corrected chi connectivity index (χ3v) is 5.71. The maximum absolute atomic E-state index is 12.9. The number of amides is 2. The molecule has 2 N–H and O–H groups in total. The molecule has 0 atom stereocenters. The zero-order valence-corrected chi connectivity index (χ0v) is 17.6. The number of hydrogen-bond acceptors (Lipinski definition) is 7. The number of piperazine rings is 1. The summed E-state index contributed by atoms with van der Waals surface area (Å²) in [4.78, 5) is 33.6. The van der Waals surface area contributed by atoms with Crippen LogP contribution in [0.5, 0.6) is 5.75 Å². The quantitative estimate of drug-likeness (QED) is 0.638. The number of anilines is 3. The summed E-state index contributed by atoms with van der Waals surface area (Å²) in [5, 5.41) is 6.21. The number of rotatable bonds is 5. The molecule has 9 heteroatoms. The number of benzene rings is 1. The lowest BCUT2D eigenvalue weighted by molar-refractivity contribution is 0.0975. The molecule has 164 valence electrons. The lowest BCUT2D eigenvalue weighted by atomic mass is 10.1. The predicted octanol–water partition coefficient (Wildman–Crippen LogP) is 2.51. The van der Waals surface area contributed by atoms with E-state index < -0.39 is 5.91 Å². The van der Waals surface area contributed by atoms with Crippen LogP contribution in [-0.2, 0) is 6.54 Å². The Kier molecular flexibility index (Phi) is 5.24.